The van der Waals surface area contributed by atoms with Crippen molar-refractivity contribution in [2.75, 3.05) is 0 Å². The lowest BCUT2D eigenvalue weighted by Crippen LogP contribution is -2.54. The van der Waals surface area contributed by atoms with Crippen molar-refractivity contribution in [1.29, 1.82) is 0 Å². The molecule has 1 unspecified atom stereocenters. The molecule has 1 amide bonds. The summed E-state index contributed by atoms with van der Waals surface area (Å²) in [5.41, 5.74) is 5.63. The van der Waals surface area contributed by atoms with Crippen LogP contribution in [0.1, 0.15) is 30.6 Å². The number of rotatable bonds is 4. The Hall–Kier alpha value is -0.690. The summed E-state index contributed by atoms with van der Waals surface area (Å²) in [6.07, 6.45) is 0.665. The quantitative estimate of drug-likeness (QED) is 0.639. The number of carbonyl (C=O) groups is 1. The molecule has 0 saturated heterocycles. The van der Waals surface area contributed by atoms with Gasteiger partial charge in [-0.05, 0) is 60.2 Å². The number of carbonyl (C=O) groups excluding carboxylic acids is 1. The van der Waals surface area contributed by atoms with Crippen molar-refractivity contribution in [3.05, 3.63) is 33.4 Å². The minimum atomic E-state index is -0.630. The molecule has 92 valence electrons. The summed E-state index contributed by atoms with van der Waals surface area (Å²) in [4.78, 5) is 12.3. The van der Waals surface area contributed by atoms with Crippen LogP contribution in [0.15, 0.2) is 24.3 Å². The van der Waals surface area contributed by atoms with E-state index in [0.29, 0.717) is 17.0 Å². The number of halogens is 1. The van der Waals surface area contributed by atoms with Crippen LogP contribution >= 0.6 is 34.8 Å². The molecule has 1 aromatic rings. The van der Waals surface area contributed by atoms with Gasteiger partial charge in [-0.3, -0.25) is 4.79 Å². The largest absolute Gasteiger partial charge is 0.391 e. The van der Waals surface area contributed by atoms with Crippen molar-refractivity contribution < 1.29 is 4.79 Å². The Bertz CT molecular complexity index is 433. The fraction of sp³-hybridized carbons (Fsp3) is 0.333. The van der Waals surface area contributed by atoms with Crippen LogP contribution in [0.25, 0.3) is 0 Å². The third-order valence-electron chi connectivity index (χ3n) is 2.75. The highest BCUT2D eigenvalue weighted by Crippen LogP contribution is 2.12. The van der Waals surface area contributed by atoms with E-state index in [0.717, 1.165) is 3.57 Å². The number of nitrogens with two attached hydrogens (primary N) is 1. The standard InChI is InChI=1S/C12H15IN2OS/c1-3-12(2,11(14)17)15-10(16)8-4-6-9(13)7-5-8/h4-7H,3H2,1-2H3,(H2,14,17)(H,15,16). The van der Waals surface area contributed by atoms with E-state index in [-0.39, 0.29) is 5.91 Å². The molecule has 1 aromatic carbocycles. The van der Waals surface area contributed by atoms with E-state index in [9.17, 15) is 4.79 Å². The fourth-order valence-electron chi connectivity index (χ4n) is 1.25. The summed E-state index contributed by atoms with van der Waals surface area (Å²) >= 11 is 7.17. The molecule has 0 fully saturated rings. The maximum absolute atomic E-state index is 12.0. The van der Waals surface area contributed by atoms with Crippen LogP contribution in [-0.4, -0.2) is 16.4 Å². The molecule has 0 aliphatic carbocycles. The Balaban J connectivity index is 2.85. The van der Waals surface area contributed by atoms with Crippen LogP contribution in [0.3, 0.4) is 0 Å². The molecule has 0 heterocycles. The van der Waals surface area contributed by atoms with Crippen molar-refractivity contribution in [1.82, 2.24) is 5.32 Å². The zero-order valence-corrected chi connectivity index (χ0v) is 12.8. The first-order chi connectivity index (χ1) is 7.89. The Morgan fingerprint density at radius 3 is 2.41 bits per heavy atom. The minimum Gasteiger partial charge on any atom is -0.391 e. The van der Waals surface area contributed by atoms with Crippen LogP contribution < -0.4 is 11.1 Å². The van der Waals surface area contributed by atoms with Crippen molar-refractivity contribution >= 4 is 45.7 Å². The highest BCUT2D eigenvalue weighted by molar-refractivity contribution is 14.1. The third kappa shape index (κ3) is 3.64. The molecule has 0 aliphatic heterocycles. The average Bonchev–Trinajstić information content (AvgIpc) is 2.29. The minimum absolute atomic E-state index is 0.154. The van der Waals surface area contributed by atoms with Gasteiger partial charge in [0.1, 0.15) is 0 Å². The van der Waals surface area contributed by atoms with E-state index in [1.54, 1.807) is 12.1 Å². The van der Waals surface area contributed by atoms with Crippen LogP contribution in [-0.2, 0) is 0 Å². The van der Waals surface area contributed by atoms with Gasteiger partial charge in [0.15, 0.2) is 0 Å². The first-order valence-electron chi connectivity index (χ1n) is 5.27. The number of benzene rings is 1. The van der Waals surface area contributed by atoms with Crippen LogP contribution in [0, 0.1) is 3.57 Å². The Morgan fingerprint density at radius 2 is 2.00 bits per heavy atom. The van der Waals surface area contributed by atoms with Gasteiger partial charge in [0, 0.05) is 9.13 Å². The predicted octanol–water partition coefficient (Wildman–Crippen LogP) is 2.48. The van der Waals surface area contributed by atoms with Crippen LogP contribution in [0.2, 0.25) is 0 Å². The van der Waals surface area contributed by atoms with Gasteiger partial charge in [-0.25, -0.2) is 0 Å². The van der Waals surface area contributed by atoms with E-state index in [1.807, 2.05) is 26.0 Å². The summed E-state index contributed by atoms with van der Waals surface area (Å²) in [5.74, 6) is -0.154. The topological polar surface area (TPSA) is 55.1 Å². The zero-order chi connectivity index (χ0) is 13.1. The number of thiocarbonyl (C=S) groups is 1. The van der Waals surface area contributed by atoms with Crippen LogP contribution in [0.5, 0.6) is 0 Å². The van der Waals surface area contributed by atoms with Gasteiger partial charge in [0.05, 0.1) is 10.5 Å². The molecule has 5 heteroatoms. The SMILES string of the molecule is CCC(C)(NC(=O)c1ccc(I)cc1)C(N)=S. The molecule has 0 radical (unpaired) electrons. The molecule has 0 spiro atoms. The maximum atomic E-state index is 12.0. The summed E-state index contributed by atoms with van der Waals surface area (Å²) in [6, 6.07) is 7.35. The second-order valence-corrected chi connectivity index (χ2v) is 5.70. The highest BCUT2D eigenvalue weighted by atomic mass is 127. The third-order valence-corrected chi connectivity index (χ3v) is 3.92. The molecular formula is C12H15IN2OS. The van der Waals surface area contributed by atoms with Gasteiger partial charge in [0.2, 0.25) is 0 Å². The molecule has 1 rings (SSSR count). The predicted molar refractivity (Wildman–Crippen MR) is 82.1 cm³/mol. The van der Waals surface area contributed by atoms with E-state index in [4.69, 9.17) is 18.0 Å². The number of nitrogens with one attached hydrogen (secondary N) is 1. The Morgan fingerprint density at radius 1 is 1.47 bits per heavy atom. The van der Waals surface area contributed by atoms with Gasteiger partial charge in [-0.15, -0.1) is 0 Å². The fourth-order valence-corrected chi connectivity index (χ4v) is 1.80. The lowest BCUT2D eigenvalue weighted by atomic mass is 9.98. The molecule has 0 bridgehead atoms. The lowest BCUT2D eigenvalue weighted by molar-refractivity contribution is 0.0926. The van der Waals surface area contributed by atoms with E-state index >= 15 is 0 Å². The van der Waals surface area contributed by atoms with Crippen molar-refractivity contribution in [2.24, 2.45) is 5.73 Å². The monoisotopic (exact) mass is 362 g/mol. The molecule has 3 nitrogen and oxygen atoms in total. The number of hydrogen-bond donors (Lipinski definition) is 2. The molecule has 17 heavy (non-hydrogen) atoms. The van der Waals surface area contributed by atoms with Gasteiger partial charge in [0.25, 0.3) is 5.91 Å². The van der Waals surface area contributed by atoms with E-state index in [2.05, 4.69) is 27.9 Å². The second kappa shape index (κ2) is 5.77. The molecule has 0 saturated carbocycles. The lowest BCUT2D eigenvalue weighted by Gasteiger charge is -2.28. The van der Waals surface area contributed by atoms with Crippen molar-refractivity contribution in [2.45, 2.75) is 25.8 Å². The van der Waals surface area contributed by atoms with E-state index in [1.165, 1.54) is 0 Å². The molecule has 1 atom stereocenters. The van der Waals surface area contributed by atoms with Gasteiger partial charge >= 0.3 is 0 Å². The molecule has 0 aliphatic rings. The summed E-state index contributed by atoms with van der Waals surface area (Å²) < 4.78 is 1.09. The average molecular weight is 362 g/mol. The molecular weight excluding hydrogens is 347 g/mol. The van der Waals surface area contributed by atoms with Crippen molar-refractivity contribution in [3.63, 3.8) is 0 Å². The first kappa shape index (κ1) is 14.4. The van der Waals surface area contributed by atoms with E-state index < -0.39 is 5.54 Å². The normalized spacial score (nSPS) is 13.8. The Labute approximate surface area is 120 Å². The summed E-state index contributed by atoms with van der Waals surface area (Å²) in [7, 11) is 0. The van der Waals surface area contributed by atoms with Gasteiger partial charge < -0.3 is 11.1 Å². The maximum Gasteiger partial charge on any atom is 0.252 e. The Kier molecular flexibility index (Phi) is 4.88. The molecule has 0 aromatic heterocycles. The smallest absolute Gasteiger partial charge is 0.252 e. The summed E-state index contributed by atoms with van der Waals surface area (Å²) in [6.45, 7) is 3.77. The number of hydrogen-bond acceptors (Lipinski definition) is 2. The zero-order valence-electron chi connectivity index (χ0n) is 9.79. The first-order valence-corrected chi connectivity index (χ1v) is 6.75. The second-order valence-electron chi connectivity index (χ2n) is 4.01. The van der Waals surface area contributed by atoms with Gasteiger partial charge in [-0.2, -0.15) is 0 Å². The summed E-state index contributed by atoms with van der Waals surface area (Å²) in [5, 5.41) is 2.87. The van der Waals surface area contributed by atoms with Gasteiger partial charge in [-0.1, -0.05) is 19.1 Å². The molecule has 3 N–H and O–H groups in total. The number of amides is 1. The van der Waals surface area contributed by atoms with Crippen molar-refractivity contribution in [3.8, 4) is 0 Å². The van der Waals surface area contributed by atoms with Crippen LogP contribution in [0.4, 0.5) is 0 Å². The highest BCUT2D eigenvalue weighted by Gasteiger charge is 2.27.